The van der Waals surface area contributed by atoms with Crippen molar-refractivity contribution in [2.75, 3.05) is 0 Å². The molecule has 4 nitrogen and oxygen atoms in total. The number of hydrogen-bond acceptors (Lipinski definition) is 3. The number of aliphatic hydroxyl groups is 1. The molecule has 0 fully saturated rings. The van der Waals surface area contributed by atoms with Crippen LogP contribution >= 0.6 is 0 Å². The Kier molecular flexibility index (Phi) is 2.83. The number of hydrazine groups is 1. The Hall–Kier alpha value is -1.60. The smallest absolute Gasteiger partial charge is 0.389 e. The lowest BCUT2D eigenvalue weighted by Crippen LogP contribution is -2.30. The normalized spacial score (nSPS) is 17.0. The summed E-state index contributed by atoms with van der Waals surface area (Å²) in [7, 11) is 0. The topological polar surface area (TPSA) is 66.6 Å². The Balaban J connectivity index is 2.68. The summed E-state index contributed by atoms with van der Waals surface area (Å²) in [6, 6.07) is 2.11. The number of aliphatic hydroxyl groups excluding tert-OH is 1. The summed E-state index contributed by atoms with van der Waals surface area (Å²) in [5.74, 6) is 4.65. The lowest BCUT2D eigenvalue weighted by Gasteiger charge is -2.14. The summed E-state index contributed by atoms with van der Waals surface area (Å²) in [5, 5.41) is 10.1. The first-order valence-electron chi connectivity index (χ1n) is 5.20. The number of hydrogen-bond donors (Lipinski definition) is 2. The SMILES string of the molecule is CC(O)c1cc2c(c(C(F)(F)F)c1)CN(N)C2=O. The van der Waals surface area contributed by atoms with Crippen LogP contribution < -0.4 is 5.84 Å². The van der Waals surface area contributed by atoms with Gasteiger partial charge >= 0.3 is 6.18 Å². The number of halogens is 3. The van der Waals surface area contributed by atoms with Crippen molar-refractivity contribution in [2.45, 2.75) is 25.7 Å². The molecule has 1 aromatic rings. The van der Waals surface area contributed by atoms with Crippen LogP contribution in [0.3, 0.4) is 0 Å². The van der Waals surface area contributed by atoms with Gasteiger partial charge in [0.1, 0.15) is 0 Å². The number of carbonyl (C=O) groups is 1. The van der Waals surface area contributed by atoms with Gasteiger partial charge in [-0.3, -0.25) is 9.80 Å². The Morgan fingerprint density at radius 1 is 1.44 bits per heavy atom. The Morgan fingerprint density at radius 2 is 2.06 bits per heavy atom. The summed E-state index contributed by atoms with van der Waals surface area (Å²) < 4.78 is 38.7. The molecule has 0 bridgehead atoms. The fourth-order valence-electron chi connectivity index (χ4n) is 1.95. The van der Waals surface area contributed by atoms with E-state index in [1.807, 2.05) is 0 Å². The van der Waals surface area contributed by atoms with Crippen LogP contribution in [0.2, 0.25) is 0 Å². The maximum Gasteiger partial charge on any atom is 0.416 e. The zero-order chi connectivity index (χ0) is 13.7. The van der Waals surface area contributed by atoms with E-state index in [1.54, 1.807) is 0 Å². The quantitative estimate of drug-likeness (QED) is 0.595. The van der Waals surface area contributed by atoms with E-state index < -0.39 is 23.8 Å². The van der Waals surface area contributed by atoms with Crippen LogP contribution in [0.15, 0.2) is 12.1 Å². The third-order valence-electron chi connectivity index (χ3n) is 2.88. The average molecular weight is 260 g/mol. The highest BCUT2D eigenvalue weighted by atomic mass is 19.4. The van der Waals surface area contributed by atoms with Crippen molar-refractivity contribution >= 4 is 5.91 Å². The lowest BCUT2D eigenvalue weighted by atomic mass is 9.97. The predicted octanol–water partition coefficient (Wildman–Crippen LogP) is 1.59. The molecule has 7 heteroatoms. The third-order valence-corrected chi connectivity index (χ3v) is 2.88. The van der Waals surface area contributed by atoms with Crippen LogP contribution in [0, 0.1) is 0 Å². The minimum atomic E-state index is -4.58. The number of nitrogens with two attached hydrogens (primary N) is 1. The van der Waals surface area contributed by atoms with Gasteiger partial charge in [-0.1, -0.05) is 0 Å². The second kappa shape index (κ2) is 3.96. The zero-order valence-electron chi connectivity index (χ0n) is 9.45. The van der Waals surface area contributed by atoms with Crippen molar-refractivity contribution in [3.63, 3.8) is 0 Å². The zero-order valence-corrected chi connectivity index (χ0v) is 9.45. The van der Waals surface area contributed by atoms with Crippen LogP contribution in [0.4, 0.5) is 13.2 Å². The van der Waals surface area contributed by atoms with E-state index >= 15 is 0 Å². The van der Waals surface area contributed by atoms with Gasteiger partial charge in [0.15, 0.2) is 0 Å². The number of benzene rings is 1. The monoisotopic (exact) mass is 260 g/mol. The highest BCUT2D eigenvalue weighted by molar-refractivity contribution is 5.98. The van der Waals surface area contributed by atoms with Crippen molar-refractivity contribution in [1.29, 1.82) is 0 Å². The average Bonchev–Trinajstić information content (AvgIpc) is 2.52. The number of rotatable bonds is 1. The third kappa shape index (κ3) is 1.95. The van der Waals surface area contributed by atoms with Crippen LogP contribution in [-0.4, -0.2) is 16.0 Å². The van der Waals surface area contributed by atoms with Gasteiger partial charge < -0.3 is 5.11 Å². The van der Waals surface area contributed by atoms with Crippen molar-refractivity contribution in [1.82, 2.24) is 5.01 Å². The molecular formula is C11H11F3N2O2. The number of fused-ring (bicyclic) bond motifs is 1. The van der Waals surface area contributed by atoms with Crippen molar-refractivity contribution in [2.24, 2.45) is 5.84 Å². The molecule has 0 saturated carbocycles. The molecule has 0 radical (unpaired) electrons. The van der Waals surface area contributed by atoms with E-state index in [0.29, 0.717) is 0 Å². The van der Waals surface area contributed by atoms with Crippen LogP contribution in [0.5, 0.6) is 0 Å². The van der Waals surface area contributed by atoms with Gasteiger partial charge in [0.05, 0.1) is 18.2 Å². The second-order valence-electron chi connectivity index (χ2n) is 4.20. The maximum absolute atomic E-state index is 12.9. The summed E-state index contributed by atoms with van der Waals surface area (Å²) in [6.45, 7) is 1.06. The molecular weight excluding hydrogens is 249 g/mol. The van der Waals surface area contributed by atoms with Crippen molar-refractivity contribution in [3.8, 4) is 0 Å². The highest BCUT2D eigenvalue weighted by Gasteiger charge is 2.39. The first-order valence-corrected chi connectivity index (χ1v) is 5.20. The molecule has 3 N–H and O–H groups in total. The standard InChI is InChI=1S/C11H11F3N2O2/c1-5(17)6-2-7-8(4-16(15)10(7)18)9(3-6)11(12,13)14/h2-3,5,17H,4,15H2,1H3. The fraction of sp³-hybridized carbons (Fsp3) is 0.364. The van der Waals surface area contributed by atoms with Gasteiger partial charge in [0.25, 0.3) is 5.91 Å². The molecule has 1 aromatic carbocycles. The van der Waals surface area contributed by atoms with Gasteiger partial charge in [0.2, 0.25) is 0 Å². The summed E-state index contributed by atoms with van der Waals surface area (Å²) in [6.07, 6.45) is -5.67. The van der Waals surface area contributed by atoms with E-state index in [2.05, 4.69) is 0 Å². The number of nitrogens with zero attached hydrogens (tertiary/aromatic N) is 1. The Bertz CT molecular complexity index is 512. The largest absolute Gasteiger partial charge is 0.416 e. The molecule has 1 unspecified atom stereocenters. The van der Waals surface area contributed by atoms with Crippen molar-refractivity contribution in [3.05, 3.63) is 34.4 Å². The van der Waals surface area contributed by atoms with Gasteiger partial charge in [-0.2, -0.15) is 13.2 Å². The second-order valence-corrected chi connectivity index (χ2v) is 4.20. The molecule has 1 amide bonds. The van der Waals surface area contributed by atoms with Gasteiger partial charge in [0, 0.05) is 5.56 Å². The predicted molar refractivity (Wildman–Crippen MR) is 56.1 cm³/mol. The molecule has 1 heterocycles. The highest BCUT2D eigenvalue weighted by Crippen LogP contribution is 2.38. The molecule has 0 saturated heterocycles. The minimum absolute atomic E-state index is 0.0460. The lowest BCUT2D eigenvalue weighted by molar-refractivity contribution is -0.138. The summed E-state index contributed by atoms with van der Waals surface area (Å²) >= 11 is 0. The molecule has 1 atom stereocenters. The van der Waals surface area contributed by atoms with Gasteiger partial charge in [-0.25, -0.2) is 5.84 Å². The van der Waals surface area contributed by atoms with Gasteiger partial charge in [-0.15, -0.1) is 0 Å². The molecule has 1 aliphatic heterocycles. The van der Waals surface area contributed by atoms with E-state index in [1.165, 1.54) is 13.0 Å². The van der Waals surface area contributed by atoms with Crippen molar-refractivity contribution < 1.29 is 23.1 Å². The molecule has 0 aliphatic carbocycles. The van der Waals surface area contributed by atoms with Gasteiger partial charge in [-0.05, 0) is 30.2 Å². The Morgan fingerprint density at radius 3 is 2.56 bits per heavy atom. The van der Waals surface area contributed by atoms with Crippen LogP contribution in [0.1, 0.15) is 40.1 Å². The summed E-state index contributed by atoms with van der Waals surface area (Å²) in [4.78, 5) is 11.6. The molecule has 2 rings (SSSR count). The molecule has 0 aromatic heterocycles. The molecule has 18 heavy (non-hydrogen) atoms. The van der Waals surface area contributed by atoms with E-state index in [9.17, 15) is 23.1 Å². The first kappa shape index (κ1) is 12.8. The maximum atomic E-state index is 12.9. The fourth-order valence-corrected chi connectivity index (χ4v) is 1.95. The number of amides is 1. The van der Waals surface area contributed by atoms with Crippen LogP contribution in [0.25, 0.3) is 0 Å². The first-order chi connectivity index (χ1) is 8.21. The minimum Gasteiger partial charge on any atom is -0.389 e. The Labute approximate surface area is 101 Å². The molecule has 0 spiro atoms. The van der Waals surface area contributed by atoms with Crippen LogP contribution in [-0.2, 0) is 12.7 Å². The van der Waals surface area contributed by atoms with E-state index in [4.69, 9.17) is 5.84 Å². The van der Waals surface area contributed by atoms with E-state index in [0.717, 1.165) is 11.1 Å². The summed E-state index contributed by atoms with van der Waals surface area (Å²) in [5.41, 5.74) is -1.11. The molecule has 98 valence electrons. The number of carbonyl (C=O) groups excluding carboxylic acids is 1. The van der Waals surface area contributed by atoms with E-state index in [-0.39, 0.29) is 23.2 Å². The number of alkyl halides is 3. The molecule has 1 aliphatic rings.